The molecule has 0 unspecified atom stereocenters. The van der Waals surface area contributed by atoms with Gasteiger partial charge in [-0.1, -0.05) is 19.9 Å². The van der Waals surface area contributed by atoms with E-state index in [-0.39, 0.29) is 0 Å². The zero-order valence-electron chi connectivity index (χ0n) is 20.5. The number of hydrogen-bond donors (Lipinski definition) is 2. The molecule has 1 aromatic carbocycles. The van der Waals surface area contributed by atoms with Crippen LogP contribution in [0.2, 0.25) is 0 Å². The molecular formula is C28H35N5. The first kappa shape index (κ1) is 21.9. The Balaban J connectivity index is 1.41. The van der Waals surface area contributed by atoms with Crippen molar-refractivity contribution in [2.24, 2.45) is 0 Å². The molecule has 0 bridgehead atoms. The number of pyridine rings is 1. The first-order valence-corrected chi connectivity index (χ1v) is 12.2. The van der Waals surface area contributed by atoms with E-state index < -0.39 is 0 Å². The average Bonchev–Trinajstić information content (AvgIpc) is 3.36. The lowest BCUT2D eigenvalue weighted by atomic mass is 9.87. The predicted molar refractivity (Wildman–Crippen MR) is 136 cm³/mol. The van der Waals surface area contributed by atoms with Crippen molar-refractivity contribution in [3.8, 4) is 11.3 Å². The van der Waals surface area contributed by atoms with Crippen molar-refractivity contribution < 1.29 is 0 Å². The van der Waals surface area contributed by atoms with Gasteiger partial charge in [-0.3, -0.25) is 9.88 Å². The average molecular weight is 442 g/mol. The molecule has 172 valence electrons. The number of likely N-dealkylation sites (tertiary alicyclic amines) is 1. The van der Waals surface area contributed by atoms with Crippen molar-refractivity contribution in [3.05, 3.63) is 70.6 Å². The molecule has 1 aliphatic heterocycles. The minimum atomic E-state index is 0.442. The first-order chi connectivity index (χ1) is 15.9. The summed E-state index contributed by atoms with van der Waals surface area (Å²) in [5, 5.41) is 1.37. The number of benzene rings is 1. The van der Waals surface area contributed by atoms with Gasteiger partial charge in [0, 0.05) is 46.3 Å². The predicted octanol–water partition coefficient (Wildman–Crippen LogP) is 6.38. The largest absolute Gasteiger partial charge is 0.354 e. The van der Waals surface area contributed by atoms with E-state index in [1.807, 2.05) is 13.1 Å². The normalized spacial score (nSPS) is 15.7. The molecule has 1 saturated heterocycles. The van der Waals surface area contributed by atoms with Gasteiger partial charge in [-0.05, 0) is 93.9 Å². The molecule has 33 heavy (non-hydrogen) atoms. The lowest BCUT2D eigenvalue weighted by Crippen LogP contribution is -2.32. The zero-order chi connectivity index (χ0) is 23.1. The van der Waals surface area contributed by atoms with Gasteiger partial charge in [-0.15, -0.1) is 0 Å². The minimum absolute atomic E-state index is 0.442. The van der Waals surface area contributed by atoms with Crippen molar-refractivity contribution in [1.29, 1.82) is 0 Å². The van der Waals surface area contributed by atoms with Gasteiger partial charge < -0.3 is 9.97 Å². The molecule has 0 radical (unpaired) electrons. The summed E-state index contributed by atoms with van der Waals surface area (Å²) in [6.07, 6.45) is 4.38. The smallest absolute Gasteiger partial charge is 0.103 e. The summed E-state index contributed by atoms with van der Waals surface area (Å²) in [4.78, 5) is 18.6. The number of nitrogens with zero attached hydrogens (tertiary/aromatic N) is 3. The quantitative estimate of drug-likeness (QED) is 0.378. The molecule has 4 aromatic rings. The lowest BCUT2D eigenvalue weighted by Gasteiger charge is -2.32. The van der Waals surface area contributed by atoms with Crippen LogP contribution in [-0.2, 0) is 6.54 Å². The van der Waals surface area contributed by atoms with E-state index in [0.29, 0.717) is 11.8 Å². The summed E-state index contributed by atoms with van der Waals surface area (Å²) >= 11 is 0. The second kappa shape index (κ2) is 8.79. The number of nitrogens with one attached hydrogen (secondary N) is 2. The molecule has 5 nitrogen and oxygen atoms in total. The van der Waals surface area contributed by atoms with E-state index in [1.165, 1.54) is 51.8 Å². The second-order valence-corrected chi connectivity index (χ2v) is 10.1. The van der Waals surface area contributed by atoms with Crippen LogP contribution in [0.25, 0.3) is 22.2 Å². The van der Waals surface area contributed by atoms with Crippen molar-refractivity contribution in [2.45, 2.75) is 65.8 Å². The van der Waals surface area contributed by atoms with Crippen molar-refractivity contribution in [3.63, 3.8) is 0 Å². The van der Waals surface area contributed by atoms with E-state index in [0.717, 1.165) is 36.8 Å². The van der Waals surface area contributed by atoms with Crippen LogP contribution < -0.4 is 0 Å². The third-order valence-electron chi connectivity index (χ3n) is 7.02. The van der Waals surface area contributed by atoms with Crippen LogP contribution >= 0.6 is 0 Å². The van der Waals surface area contributed by atoms with Gasteiger partial charge in [0.2, 0.25) is 0 Å². The Morgan fingerprint density at radius 1 is 1.00 bits per heavy atom. The molecule has 0 spiro atoms. The van der Waals surface area contributed by atoms with Crippen LogP contribution in [-0.4, -0.2) is 37.9 Å². The summed E-state index contributed by atoms with van der Waals surface area (Å²) in [6, 6.07) is 11.5. The van der Waals surface area contributed by atoms with Crippen LogP contribution in [0.4, 0.5) is 0 Å². The molecule has 1 fully saturated rings. The van der Waals surface area contributed by atoms with E-state index in [2.05, 4.69) is 82.9 Å². The molecule has 0 saturated carbocycles. The number of aromatic amines is 2. The number of fused-ring (bicyclic) bond motifs is 1. The van der Waals surface area contributed by atoms with E-state index in [1.54, 1.807) is 0 Å². The molecule has 4 heterocycles. The van der Waals surface area contributed by atoms with Gasteiger partial charge in [0.25, 0.3) is 0 Å². The van der Waals surface area contributed by atoms with Gasteiger partial charge in [0.1, 0.15) is 5.82 Å². The number of imidazole rings is 1. The summed E-state index contributed by atoms with van der Waals surface area (Å²) < 4.78 is 0. The monoisotopic (exact) mass is 441 g/mol. The van der Waals surface area contributed by atoms with Crippen LogP contribution in [0.1, 0.15) is 72.6 Å². The third-order valence-corrected chi connectivity index (χ3v) is 7.02. The summed E-state index contributed by atoms with van der Waals surface area (Å²) in [6.45, 7) is 14.0. The maximum atomic E-state index is 4.57. The topological polar surface area (TPSA) is 60.6 Å². The van der Waals surface area contributed by atoms with Crippen LogP contribution in [0.3, 0.4) is 0 Å². The highest BCUT2D eigenvalue weighted by Gasteiger charge is 2.23. The maximum absolute atomic E-state index is 4.57. The molecular weight excluding hydrogens is 406 g/mol. The molecule has 2 N–H and O–H groups in total. The van der Waals surface area contributed by atoms with E-state index >= 15 is 0 Å². The number of rotatable bonds is 5. The molecule has 3 aromatic heterocycles. The van der Waals surface area contributed by atoms with Gasteiger partial charge in [0.05, 0.1) is 5.69 Å². The third kappa shape index (κ3) is 4.47. The first-order valence-electron chi connectivity index (χ1n) is 12.2. The second-order valence-electron chi connectivity index (χ2n) is 10.1. The zero-order valence-corrected chi connectivity index (χ0v) is 20.5. The standard InChI is InChI=1S/C28H35N5/c1-17(2)27-25-14-22(21-8-10-33(11-9-21)16-24-15-29-20(5)31-24)6-7-26(25)32-28(27)23-12-18(3)30-19(4)13-23/h6-7,12-15,17,21,32H,8-11,16H2,1-5H3,(H,29,31). The van der Waals surface area contributed by atoms with Crippen molar-refractivity contribution in [2.75, 3.05) is 13.1 Å². The SMILES string of the molecule is Cc1cc(-c2[nH]c3ccc(C4CCN(Cc5cnc(C)[nH]5)CC4)cc3c2C(C)C)cc(C)n1. The van der Waals surface area contributed by atoms with Gasteiger partial charge in [-0.25, -0.2) is 4.98 Å². The Bertz CT molecular complexity index is 1250. The highest BCUT2D eigenvalue weighted by atomic mass is 15.1. The van der Waals surface area contributed by atoms with Crippen LogP contribution in [0, 0.1) is 20.8 Å². The number of piperidine rings is 1. The Kier molecular flexibility index (Phi) is 5.83. The lowest BCUT2D eigenvalue weighted by molar-refractivity contribution is 0.203. The fourth-order valence-corrected chi connectivity index (χ4v) is 5.51. The minimum Gasteiger partial charge on any atom is -0.354 e. The molecule has 0 atom stereocenters. The fraction of sp³-hybridized carbons (Fsp3) is 0.429. The Morgan fingerprint density at radius 3 is 2.36 bits per heavy atom. The molecule has 0 aliphatic carbocycles. The fourth-order valence-electron chi connectivity index (χ4n) is 5.51. The van der Waals surface area contributed by atoms with E-state index in [9.17, 15) is 0 Å². The van der Waals surface area contributed by atoms with Crippen LogP contribution in [0.15, 0.2) is 36.5 Å². The Labute approximate surface area is 196 Å². The number of aryl methyl sites for hydroxylation is 3. The van der Waals surface area contributed by atoms with Crippen molar-refractivity contribution >= 4 is 10.9 Å². The number of aromatic nitrogens is 4. The van der Waals surface area contributed by atoms with Crippen LogP contribution in [0.5, 0.6) is 0 Å². The van der Waals surface area contributed by atoms with Crippen molar-refractivity contribution in [1.82, 2.24) is 24.8 Å². The number of H-pyrrole nitrogens is 2. The maximum Gasteiger partial charge on any atom is 0.103 e. The summed E-state index contributed by atoms with van der Waals surface area (Å²) in [5.74, 6) is 2.06. The highest BCUT2D eigenvalue weighted by Crippen LogP contribution is 2.38. The number of hydrogen-bond acceptors (Lipinski definition) is 3. The molecule has 5 heteroatoms. The van der Waals surface area contributed by atoms with Gasteiger partial charge in [0.15, 0.2) is 0 Å². The molecule has 5 rings (SSSR count). The summed E-state index contributed by atoms with van der Waals surface area (Å²) in [7, 11) is 0. The molecule has 1 aliphatic rings. The van der Waals surface area contributed by atoms with Gasteiger partial charge >= 0.3 is 0 Å². The van der Waals surface area contributed by atoms with Gasteiger partial charge in [-0.2, -0.15) is 0 Å². The van der Waals surface area contributed by atoms with E-state index in [4.69, 9.17) is 0 Å². The Morgan fingerprint density at radius 2 is 1.73 bits per heavy atom. The highest BCUT2D eigenvalue weighted by molar-refractivity contribution is 5.92. The Hall–Kier alpha value is -2.92. The molecule has 0 amide bonds. The summed E-state index contributed by atoms with van der Waals surface area (Å²) in [5.41, 5.74) is 9.97.